The first-order chi connectivity index (χ1) is 9.06. The second-order valence-corrected chi connectivity index (χ2v) is 4.53. The molecule has 0 saturated carbocycles. The summed E-state index contributed by atoms with van der Waals surface area (Å²) in [5, 5.41) is 28.2. The summed E-state index contributed by atoms with van der Waals surface area (Å²) < 4.78 is 0. The van der Waals surface area contributed by atoms with Gasteiger partial charge in [0.05, 0.1) is 18.5 Å². The average molecular weight is 284 g/mol. The van der Waals surface area contributed by atoms with Gasteiger partial charge in [-0.2, -0.15) is 0 Å². The van der Waals surface area contributed by atoms with Crippen LogP contribution in [-0.4, -0.2) is 54.2 Å². The van der Waals surface area contributed by atoms with Crippen LogP contribution in [0.15, 0.2) is 16.1 Å². The van der Waals surface area contributed by atoms with Crippen molar-refractivity contribution in [3.05, 3.63) is 22.2 Å². The Morgan fingerprint density at radius 2 is 2.16 bits per heavy atom. The van der Waals surface area contributed by atoms with Crippen molar-refractivity contribution >= 4 is 22.9 Å². The van der Waals surface area contributed by atoms with Gasteiger partial charge in [0.15, 0.2) is 16.3 Å². The number of aromatic amines is 1. The third-order valence-electron chi connectivity index (χ3n) is 2.46. The summed E-state index contributed by atoms with van der Waals surface area (Å²) in [5.74, 6) is 0. The summed E-state index contributed by atoms with van der Waals surface area (Å²) in [6, 6.07) is 0. The van der Waals surface area contributed by atoms with Gasteiger partial charge in [-0.3, -0.25) is 9.78 Å². The van der Waals surface area contributed by atoms with Crippen LogP contribution in [0.1, 0.15) is 11.8 Å². The fourth-order valence-electron chi connectivity index (χ4n) is 1.45. The van der Waals surface area contributed by atoms with E-state index in [1.165, 1.54) is 18.0 Å². The van der Waals surface area contributed by atoms with E-state index in [0.717, 1.165) is 0 Å². The van der Waals surface area contributed by atoms with Crippen molar-refractivity contribution in [1.29, 1.82) is 0 Å². The minimum Gasteiger partial charge on any atom is -0.394 e. The zero-order valence-corrected chi connectivity index (χ0v) is 10.8. The first-order valence-corrected chi connectivity index (χ1v) is 6.57. The molecule has 2 heterocycles. The number of thioether (sulfide) groups is 1. The molecule has 2 atom stereocenters. The smallest absolute Gasteiger partial charge is 0.279 e. The van der Waals surface area contributed by atoms with Crippen LogP contribution in [0.25, 0.3) is 11.2 Å². The minimum absolute atomic E-state index is 0.00162. The van der Waals surface area contributed by atoms with E-state index >= 15 is 0 Å². The molecule has 0 saturated heterocycles. The van der Waals surface area contributed by atoms with Gasteiger partial charge in [0, 0.05) is 0 Å². The Hall–Kier alpha value is -1.55. The molecule has 0 radical (unpaired) electrons. The lowest BCUT2D eigenvalue weighted by Gasteiger charge is -2.14. The van der Waals surface area contributed by atoms with Crippen LogP contribution in [-0.2, 0) is 0 Å². The molecule has 4 N–H and O–H groups in total. The van der Waals surface area contributed by atoms with Gasteiger partial charge >= 0.3 is 0 Å². The molecule has 0 fully saturated rings. The molecular formula is C10H12N4O4S. The van der Waals surface area contributed by atoms with Crippen LogP contribution in [0.2, 0.25) is 0 Å². The van der Waals surface area contributed by atoms with E-state index in [2.05, 4.69) is 19.9 Å². The number of aliphatic hydroxyl groups is 3. The first kappa shape index (κ1) is 13.9. The van der Waals surface area contributed by atoms with E-state index in [9.17, 15) is 15.0 Å². The van der Waals surface area contributed by atoms with Crippen LogP contribution in [0.3, 0.4) is 0 Å². The number of aliphatic hydroxyl groups excluding tert-OH is 3. The second-order valence-electron chi connectivity index (χ2n) is 3.74. The molecule has 8 nitrogen and oxygen atoms in total. The maximum atomic E-state index is 11.8. The molecule has 0 aliphatic heterocycles. The summed E-state index contributed by atoms with van der Waals surface area (Å²) in [4.78, 5) is 26.2. The van der Waals surface area contributed by atoms with E-state index < -0.39 is 24.4 Å². The molecule has 0 unspecified atom stereocenters. The molecule has 0 spiro atoms. The van der Waals surface area contributed by atoms with Crippen LogP contribution >= 0.6 is 11.8 Å². The highest BCUT2D eigenvalue weighted by atomic mass is 32.2. The Morgan fingerprint density at radius 1 is 1.42 bits per heavy atom. The molecule has 0 aliphatic carbocycles. The predicted octanol–water partition coefficient (Wildman–Crippen LogP) is -1.18. The van der Waals surface area contributed by atoms with Crippen LogP contribution < -0.4 is 5.56 Å². The van der Waals surface area contributed by atoms with Gasteiger partial charge in [0.1, 0.15) is 12.2 Å². The van der Waals surface area contributed by atoms with E-state index in [4.69, 9.17) is 5.11 Å². The zero-order valence-electron chi connectivity index (χ0n) is 9.94. The molecule has 0 bridgehead atoms. The second kappa shape index (κ2) is 5.61. The lowest BCUT2D eigenvalue weighted by Crippen LogP contribution is -2.24. The standard InChI is InChI=1S/C10H12N4O4S/c1-19-10-13-8-6(9(18)14-10)12-4(2-11-8)7(17)5(16)3-15/h2,5,7,15-17H,3H2,1H3,(H,11,13,14,18)/t5-,7+/m0/s1. The van der Waals surface area contributed by atoms with E-state index in [-0.39, 0.29) is 16.9 Å². The van der Waals surface area contributed by atoms with E-state index in [1.807, 2.05) is 0 Å². The van der Waals surface area contributed by atoms with Crippen LogP contribution in [0.4, 0.5) is 0 Å². The zero-order chi connectivity index (χ0) is 14.0. The van der Waals surface area contributed by atoms with Gasteiger partial charge in [-0.05, 0) is 6.26 Å². The molecule has 0 amide bonds. The SMILES string of the molecule is CSc1nc2ncc([C@@H](O)[C@@H](O)CO)nc2c(=O)[nH]1. The van der Waals surface area contributed by atoms with Crippen molar-refractivity contribution in [1.82, 2.24) is 19.9 Å². The van der Waals surface area contributed by atoms with E-state index in [1.54, 1.807) is 6.26 Å². The maximum Gasteiger partial charge on any atom is 0.279 e. The van der Waals surface area contributed by atoms with Gasteiger partial charge in [-0.1, -0.05) is 11.8 Å². The van der Waals surface area contributed by atoms with Gasteiger partial charge in [-0.25, -0.2) is 15.0 Å². The highest BCUT2D eigenvalue weighted by Crippen LogP contribution is 2.15. The number of aromatic nitrogens is 4. The fraction of sp³-hybridized carbons (Fsp3) is 0.400. The topological polar surface area (TPSA) is 132 Å². The molecule has 2 rings (SSSR count). The molecule has 102 valence electrons. The molecule has 0 aliphatic rings. The van der Waals surface area contributed by atoms with Gasteiger partial charge in [-0.15, -0.1) is 0 Å². The minimum atomic E-state index is -1.42. The van der Waals surface area contributed by atoms with Crippen molar-refractivity contribution in [3.8, 4) is 0 Å². The third kappa shape index (κ3) is 2.73. The van der Waals surface area contributed by atoms with Gasteiger partial charge in [0.25, 0.3) is 5.56 Å². The number of rotatable bonds is 4. The van der Waals surface area contributed by atoms with Crippen molar-refractivity contribution in [2.75, 3.05) is 12.9 Å². The lowest BCUT2D eigenvalue weighted by atomic mass is 10.1. The monoisotopic (exact) mass is 284 g/mol. The summed E-state index contributed by atoms with van der Waals surface area (Å²) in [6.07, 6.45) is 0.168. The Balaban J connectivity index is 2.52. The first-order valence-electron chi connectivity index (χ1n) is 5.34. The molecule has 9 heteroatoms. The normalized spacial score (nSPS) is 14.5. The highest BCUT2D eigenvalue weighted by molar-refractivity contribution is 7.98. The van der Waals surface area contributed by atoms with Crippen LogP contribution in [0, 0.1) is 0 Å². The van der Waals surface area contributed by atoms with Crippen molar-refractivity contribution in [3.63, 3.8) is 0 Å². The number of nitrogens with zero attached hydrogens (tertiary/aromatic N) is 3. The lowest BCUT2D eigenvalue weighted by molar-refractivity contribution is -0.0173. The van der Waals surface area contributed by atoms with Crippen molar-refractivity contribution < 1.29 is 15.3 Å². The van der Waals surface area contributed by atoms with Crippen molar-refractivity contribution in [2.24, 2.45) is 0 Å². The summed E-state index contributed by atoms with van der Waals surface area (Å²) in [6.45, 7) is -0.624. The Labute approximate surface area is 111 Å². The molecular weight excluding hydrogens is 272 g/mol. The average Bonchev–Trinajstić information content (AvgIpc) is 2.45. The summed E-state index contributed by atoms with van der Waals surface area (Å²) >= 11 is 1.26. The third-order valence-corrected chi connectivity index (χ3v) is 3.04. The Bertz CT molecular complexity index is 647. The summed E-state index contributed by atoms with van der Waals surface area (Å²) in [5.41, 5.74) is -0.352. The number of hydrogen-bond donors (Lipinski definition) is 4. The Morgan fingerprint density at radius 3 is 2.79 bits per heavy atom. The highest BCUT2D eigenvalue weighted by Gasteiger charge is 2.20. The molecule has 2 aromatic rings. The largest absolute Gasteiger partial charge is 0.394 e. The van der Waals surface area contributed by atoms with E-state index in [0.29, 0.717) is 5.16 Å². The van der Waals surface area contributed by atoms with Gasteiger partial charge < -0.3 is 15.3 Å². The van der Waals surface area contributed by atoms with Crippen molar-refractivity contribution in [2.45, 2.75) is 17.4 Å². The Kier molecular flexibility index (Phi) is 4.10. The molecule has 19 heavy (non-hydrogen) atoms. The number of hydrogen-bond acceptors (Lipinski definition) is 8. The van der Waals surface area contributed by atoms with Crippen LogP contribution in [0.5, 0.6) is 0 Å². The summed E-state index contributed by atoms with van der Waals surface area (Å²) in [7, 11) is 0. The van der Waals surface area contributed by atoms with Gasteiger partial charge in [0.2, 0.25) is 0 Å². The molecule has 0 aromatic carbocycles. The predicted molar refractivity (Wildman–Crippen MR) is 67.8 cm³/mol. The number of nitrogens with one attached hydrogen (secondary N) is 1. The molecule has 2 aromatic heterocycles. The fourth-order valence-corrected chi connectivity index (χ4v) is 1.82. The number of H-pyrrole nitrogens is 1. The quantitative estimate of drug-likeness (QED) is 0.407. The maximum absolute atomic E-state index is 11.8. The number of fused-ring (bicyclic) bond motifs is 1.